The van der Waals surface area contributed by atoms with Crippen LogP contribution < -0.4 is 0 Å². The molecule has 24 heavy (non-hydrogen) atoms. The summed E-state index contributed by atoms with van der Waals surface area (Å²) in [6.45, 7) is 2.42. The number of carbonyl (C=O) groups excluding carboxylic acids is 1. The molecule has 0 aliphatic heterocycles. The van der Waals surface area contributed by atoms with E-state index in [2.05, 4.69) is 15.5 Å². The molecule has 0 spiro atoms. The van der Waals surface area contributed by atoms with Crippen LogP contribution >= 0.6 is 23.4 Å². The molecule has 0 amide bonds. The molecule has 7 heteroatoms. The van der Waals surface area contributed by atoms with E-state index in [9.17, 15) is 4.79 Å². The average molecular weight is 359 g/mol. The van der Waals surface area contributed by atoms with Crippen molar-refractivity contribution in [2.24, 2.45) is 0 Å². The zero-order valence-electron chi connectivity index (χ0n) is 13.0. The molecule has 122 valence electrons. The highest BCUT2D eigenvalue weighted by molar-refractivity contribution is 8.00. The number of halogens is 1. The van der Waals surface area contributed by atoms with Crippen LogP contribution in [0.2, 0.25) is 5.02 Å². The number of benzene rings is 2. The normalized spacial score (nSPS) is 12.1. The Hall–Kier alpha value is -2.18. The van der Waals surface area contributed by atoms with Gasteiger partial charge in [-0.05, 0) is 47.2 Å². The van der Waals surface area contributed by atoms with Gasteiger partial charge in [-0.25, -0.2) is 4.68 Å². The molecule has 0 aliphatic carbocycles. The van der Waals surface area contributed by atoms with Gasteiger partial charge < -0.3 is 0 Å². The van der Waals surface area contributed by atoms with Crippen LogP contribution in [0.15, 0.2) is 59.8 Å². The molecule has 1 atom stereocenters. The molecule has 1 unspecified atom stereocenters. The maximum atomic E-state index is 12.5. The monoisotopic (exact) mass is 358 g/mol. The van der Waals surface area contributed by atoms with Gasteiger partial charge in [-0.15, -0.1) is 5.10 Å². The van der Waals surface area contributed by atoms with E-state index in [-0.39, 0.29) is 11.0 Å². The maximum Gasteiger partial charge on any atom is 0.210 e. The Labute approximate surface area is 149 Å². The van der Waals surface area contributed by atoms with E-state index in [0.717, 1.165) is 5.56 Å². The second-order valence-corrected chi connectivity index (χ2v) is 6.98. The molecule has 0 N–H and O–H groups in total. The number of aromatic nitrogens is 4. The lowest BCUT2D eigenvalue weighted by molar-refractivity contribution is 0.0994. The number of ketones is 1. The number of tetrazole rings is 1. The van der Waals surface area contributed by atoms with Gasteiger partial charge in [0.25, 0.3) is 0 Å². The van der Waals surface area contributed by atoms with E-state index < -0.39 is 0 Å². The molecule has 3 aromatic rings. The lowest BCUT2D eigenvalue weighted by Crippen LogP contribution is -2.15. The SMILES string of the molecule is CC(Sc1nnnn1Cc1ccccc1)C(=O)c1ccc(Cl)cc1. The first-order chi connectivity index (χ1) is 11.6. The van der Waals surface area contributed by atoms with Crippen LogP contribution in [0.3, 0.4) is 0 Å². The average Bonchev–Trinajstić information content (AvgIpc) is 3.02. The highest BCUT2D eigenvalue weighted by Gasteiger charge is 2.20. The molecule has 0 radical (unpaired) electrons. The van der Waals surface area contributed by atoms with Crippen molar-refractivity contribution >= 4 is 29.1 Å². The van der Waals surface area contributed by atoms with E-state index >= 15 is 0 Å². The van der Waals surface area contributed by atoms with Crippen molar-refractivity contribution in [1.82, 2.24) is 20.2 Å². The first-order valence-corrected chi connectivity index (χ1v) is 8.66. The van der Waals surface area contributed by atoms with Crippen molar-refractivity contribution in [3.05, 3.63) is 70.7 Å². The van der Waals surface area contributed by atoms with Gasteiger partial charge in [-0.2, -0.15) is 0 Å². The summed E-state index contributed by atoms with van der Waals surface area (Å²) in [7, 11) is 0. The van der Waals surface area contributed by atoms with Crippen LogP contribution in [0.25, 0.3) is 0 Å². The summed E-state index contributed by atoms with van der Waals surface area (Å²) < 4.78 is 1.70. The first-order valence-electron chi connectivity index (χ1n) is 7.40. The first kappa shape index (κ1) is 16.7. The molecule has 0 fully saturated rings. The van der Waals surface area contributed by atoms with Crippen LogP contribution in [0.1, 0.15) is 22.8 Å². The van der Waals surface area contributed by atoms with Gasteiger partial charge >= 0.3 is 0 Å². The summed E-state index contributed by atoms with van der Waals surface area (Å²) >= 11 is 7.21. The fourth-order valence-electron chi connectivity index (χ4n) is 2.20. The summed E-state index contributed by atoms with van der Waals surface area (Å²) in [5.41, 5.74) is 1.73. The van der Waals surface area contributed by atoms with E-state index in [1.807, 2.05) is 37.3 Å². The number of nitrogens with zero attached hydrogens (tertiary/aromatic N) is 4. The Morgan fingerprint density at radius 3 is 2.58 bits per heavy atom. The minimum absolute atomic E-state index is 0.0194. The van der Waals surface area contributed by atoms with Crippen LogP contribution in [-0.2, 0) is 6.54 Å². The van der Waals surface area contributed by atoms with Crippen LogP contribution in [0, 0.1) is 0 Å². The predicted molar refractivity (Wildman–Crippen MR) is 94.5 cm³/mol. The van der Waals surface area contributed by atoms with E-state index in [4.69, 9.17) is 11.6 Å². The van der Waals surface area contributed by atoms with Gasteiger partial charge in [0.1, 0.15) is 0 Å². The molecule has 0 bridgehead atoms. The van der Waals surface area contributed by atoms with Crippen molar-refractivity contribution in [2.75, 3.05) is 0 Å². The second kappa shape index (κ2) is 7.59. The Kier molecular flexibility index (Phi) is 5.27. The lowest BCUT2D eigenvalue weighted by Gasteiger charge is -2.10. The summed E-state index contributed by atoms with van der Waals surface area (Å²) in [6, 6.07) is 16.8. The second-order valence-electron chi connectivity index (χ2n) is 5.24. The fraction of sp³-hybridized carbons (Fsp3) is 0.176. The van der Waals surface area contributed by atoms with Gasteiger partial charge in [0, 0.05) is 10.6 Å². The minimum Gasteiger partial charge on any atom is -0.293 e. The van der Waals surface area contributed by atoms with Gasteiger partial charge in [-0.1, -0.05) is 53.7 Å². The Morgan fingerprint density at radius 2 is 1.88 bits per heavy atom. The molecular weight excluding hydrogens is 344 g/mol. The molecule has 0 aliphatic rings. The Morgan fingerprint density at radius 1 is 1.17 bits per heavy atom. The van der Waals surface area contributed by atoms with Crippen molar-refractivity contribution in [2.45, 2.75) is 23.9 Å². The van der Waals surface area contributed by atoms with Crippen LogP contribution in [0.4, 0.5) is 0 Å². The molecule has 1 aromatic heterocycles. The molecule has 5 nitrogen and oxygen atoms in total. The van der Waals surface area contributed by atoms with Gasteiger partial charge in [0.15, 0.2) is 5.78 Å². The number of hydrogen-bond acceptors (Lipinski definition) is 5. The third kappa shape index (κ3) is 4.01. The summed E-state index contributed by atoms with van der Waals surface area (Å²) in [4.78, 5) is 12.5. The summed E-state index contributed by atoms with van der Waals surface area (Å²) in [5.74, 6) is 0.0194. The van der Waals surface area contributed by atoms with E-state index in [0.29, 0.717) is 22.3 Å². The van der Waals surface area contributed by atoms with E-state index in [1.54, 1.807) is 28.9 Å². The lowest BCUT2D eigenvalue weighted by atomic mass is 10.1. The molecule has 3 rings (SSSR count). The van der Waals surface area contributed by atoms with Gasteiger partial charge in [-0.3, -0.25) is 4.79 Å². The maximum absolute atomic E-state index is 12.5. The van der Waals surface area contributed by atoms with Crippen LogP contribution in [0.5, 0.6) is 0 Å². The summed E-state index contributed by atoms with van der Waals surface area (Å²) in [5, 5.41) is 12.7. The van der Waals surface area contributed by atoms with Crippen molar-refractivity contribution in [1.29, 1.82) is 0 Å². The van der Waals surface area contributed by atoms with Gasteiger partial charge in [0.2, 0.25) is 5.16 Å². The molecule has 0 saturated heterocycles. The van der Waals surface area contributed by atoms with Crippen molar-refractivity contribution < 1.29 is 4.79 Å². The molecule has 0 saturated carbocycles. The quantitative estimate of drug-likeness (QED) is 0.496. The number of thioether (sulfide) groups is 1. The number of rotatable bonds is 6. The zero-order chi connectivity index (χ0) is 16.9. The Bertz CT molecular complexity index is 820. The third-order valence-corrected chi connectivity index (χ3v) is 4.78. The smallest absolute Gasteiger partial charge is 0.210 e. The highest BCUT2D eigenvalue weighted by atomic mass is 35.5. The Balaban J connectivity index is 1.71. The fourth-order valence-corrected chi connectivity index (χ4v) is 3.19. The largest absolute Gasteiger partial charge is 0.293 e. The standard InChI is InChI=1S/C17H15ClN4OS/c1-12(16(23)14-7-9-15(18)10-8-14)24-17-19-20-21-22(17)11-13-5-3-2-4-6-13/h2-10,12H,11H2,1H3. The summed E-state index contributed by atoms with van der Waals surface area (Å²) in [6.07, 6.45) is 0. The van der Waals surface area contributed by atoms with Gasteiger partial charge in [0.05, 0.1) is 11.8 Å². The molecular formula is C17H15ClN4OS. The number of hydrogen-bond donors (Lipinski definition) is 0. The van der Waals surface area contributed by atoms with Crippen LogP contribution in [-0.4, -0.2) is 31.2 Å². The topological polar surface area (TPSA) is 60.7 Å². The number of Topliss-reactive ketones (excluding diaryl/α,β-unsaturated/α-hetero) is 1. The third-order valence-electron chi connectivity index (χ3n) is 3.45. The number of carbonyl (C=O) groups is 1. The minimum atomic E-state index is -0.299. The highest BCUT2D eigenvalue weighted by Crippen LogP contribution is 2.24. The van der Waals surface area contributed by atoms with Crippen molar-refractivity contribution in [3.8, 4) is 0 Å². The zero-order valence-corrected chi connectivity index (χ0v) is 14.5. The molecule has 2 aromatic carbocycles. The molecule has 1 heterocycles. The van der Waals surface area contributed by atoms with Crippen molar-refractivity contribution in [3.63, 3.8) is 0 Å². The van der Waals surface area contributed by atoms with E-state index in [1.165, 1.54) is 11.8 Å². The predicted octanol–water partition coefficient (Wildman–Crippen LogP) is 3.74.